The number of ether oxygens (including phenoxy) is 1. The van der Waals surface area contributed by atoms with Crippen LogP contribution in [0, 0.1) is 5.82 Å². The largest absolute Gasteiger partial charge is 0.377 e. The van der Waals surface area contributed by atoms with Gasteiger partial charge >= 0.3 is 0 Å². The first-order chi connectivity index (χ1) is 8.09. The molecule has 1 N–H and O–H groups in total. The Kier molecular flexibility index (Phi) is 6.48. The van der Waals surface area contributed by atoms with E-state index in [1.165, 1.54) is 6.07 Å². The predicted octanol–water partition coefficient (Wildman–Crippen LogP) is 3.38. The van der Waals surface area contributed by atoms with E-state index in [0.717, 1.165) is 18.5 Å². The van der Waals surface area contributed by atoms with Crippen LogP contribution in [0.4, 0.5) is 4.39 Å². The fraction of sp³-hybridized carbons (Fsp3) is 0.538. The van der Waals surface area contributed by atoms with E-state index in [4.69, 9.17) is 16.3 Å². The molecule has 0 aromatic heterocycles. The molecule has 4 heteroatoms. The number of rotatable bonds is 7. The van der Waals surface area contributed by atoms with Gasteiger partial charge in [-0.25, -0.2) is 4.39 Å². The third kappa shape index (κ3) is 6.01. The van der Waals surface area contributed by atoms with E-state index in [-0.39, 0.29) is 5.02 Å². The second-order valence-electron chi connectivity index (χ2n) is 4.26. The fourth-order valence-electron chi connectivity index (χ4n) is 1.38. The number of nitrogens with one attached hydrogen (secondary N) is 1. The molecule has 17 heavy (non-hydrogen) atoms. The molecule has 0 fully saturated rings. The molecular weight excluding hydrogens is 241 g/mol. The maximum atomic E-state index is 13.1. The van der Waals surface area contributed by atoms with E-state index in [9.17, 15) is 4.39 Å². The van der Waals surface area contributed by atoms with Crippen LogP contribution in [0.25, 0.3) is 0 Å². The highest BCUT2D eigenvalue weighted by Crippen LogP contribution is 2.15. The highest BCUT2D eigenvalue weighted by Gasteiger charge is 2.01. The molecule has 0 aliphatic carbocycles. The average molecular weight is 260 g/mol. The summed E-state index contributed by atoms with van der Waals surface area (Å²) >= 11 is 5.59. The summed E-state index contributed by atoms with van der Waals surface area (Å²) in [5, 5.41) is 3.45. The minimum atomic E-state index is -0.394. The molecule has 0 unspecified atom stereocenters. The van der Waals surface area contributed by atoms with E-state index in [1.54, 1.807) is 12.1 Å². The molecule has 0 radical (unpaired) electrons. The predicted molar refractivity (Wildman–Crippen MR) is 68.8 cm³/mol. The SMILES string of the molecule is CC(C)NCCCOCc1ccc(Cl)c(F)c1. The molecular formula is C13H19ClFNO. The van der Waals surface area contributed by atoms with Crippen LogP contribution in [0.3, 0.4) is 0 Å². The molecule has 96 valence electrons. The Morgan fingerprint density at radius 2 is 2.18 bits per heavy atom. The monoisotopic (exact) mass is 259 g/mol. The summed E-state index contributed by atoms with van der Waals surface area (Å²) in [6.07, 6.45) is 0.953. The smallest absolute Gasteiger partial charge is 0.142 e. The van der Waals surface area contributed by atoms with Crippen molar-refractivity contribution in [3.8, 4) is 0 Å². The van der Waals surface area contributed by atoms with Crippen molar-refractivity contribution < 1.29 is 9.13 Å². The van der Waals surface area contributed by atoms with Crippen molar-refractivity contribution >= 4 is 11.6 Å². The molecule has 1 aromatic rings. The van der Waals surface area contributed by atoms with Crippen molar-refractivity contribution in [2.75, 3.05) is 13.2 Å². The van der Waals surface area contributed by atoms with Gasteiger partial charge in [-0.2, -0.15) is 0 Å². The lowest BCUT2D eigenvalue weighted by Gasteiger charge is -2.08. The van der Waals surface area contributed by atoms with Crippen LogP contribution in [-0.4, -0.2) is 19.2 Å². The lowest BCUT2D eigenvalue weighted by atomic mass is 10.2. The van der Waals surface area contributed by atoms with E-state index in [0.29, 0.717) is 19.3 Å². The molecule has 0 amide bonds. The highest BCUT2D eigenvalue weighted by molar-refractivity contribution is 6.30. The molecule has 0 aliphatic rings. The first-order valence-electron chi connectivity index (χ1n) is 5.84. The molecule has 0 saturated carbocycles. The minimum absolute atomic E-state index is 0.148. The molecule has 1 aromatic carbocycles. The third-order valence-corrected chi connectivity index (χ3v) is 2.58. The Balaban J connectivity index is 2.16. The second kappa shape index (κ2) is 7.64. The summed E-state index contributed by atoms with van der Waals surface area (Å²) in [7, 11) is 0. The van der Waals surface area contributed by atoms with E-state index >= 15 is 0 Å². The van der Waals surface area contributed by atoms with E-state index < -0.39 is 5.82 Å². The van der Waals surface area contributed by atoms with Gasteiger partial charge in [-0.3, -0.25) is 0 Å². The van der Waals surface area contributed by atoms with Crippen LogP contribution < -0.4 is 5.32 Å². The van der Waals surface area contributed by atoms with Crippen LogP contribution in [0.15, 0.2) is 18.2 Å². The van der Waals surface area contributed by atoms with Gasteiger partial charge in [0.1, 0.15) is 5.82 Å². The van der Waals surface area contributed by atoms with Crippen molar-refractivity contribution in [3.05, 3.63) is 34.6 Å². The molecule has 0 atom stereocenters. The summed E-state index contributed by atoms with van der Waals surface area (Å²) in [6, 6.07) is 5.24. The van der Waals surface area contributed by atoms with Gasteiger partial charge in [0, 0.05) is 12.6 Å². The fourth-order valence-corrected chi connectivity index (χ4v) is 1.50. The van der Waals surface area contributed by atoms with Crippen molar-refractivity contribution in [1.82, 2.24) is 5.32 Å². The van der Waals surface area contributed by atoms with Crippen molar-refractivity contribution in [2.24, 2.45) is 0 Å². The van der Waals surface area contributed by atoms with Gasteiger partial charge in [0.25, 0.3) is 0 Å². The van der Waals surface area contributed by atoms with Crippen molar-refractivity contribution in [1.29, 1.82) is 0 Å². The van der Waals surface area contributed by atoms with Crippen LogP contribution in [0.1, 0.15) is 25.8 Å². The molecule has 2 nitrogen and oxygen atoms in total. The number of hydrogen-bond acceptors (Lipinski definition) is 2. The Morgan fingerprint density at radius 3 is 2.82 bits per heavy atom. The van der Waals surface area contributed by atoms with Gasteiger partial charge in [-0.05, 0) is 30.7 Å². The Hall–Kier alpha value is -0.640. The normalized spacial score (nSPS) is 11.1. The van der Waals surface area contributed by atoms with Gasteiger partial charge in [0.2, 0.25) is 0 Å². The Morgan fingerprint density at radius 1 is 1.41 bits per heavy atom. The van der Waals surface area contributed by atoms with E-state index in [1.807, 2.05) is 0 Å². The van der Waals surface area contributed by atoms with Crippen molar-refractivity contribution in [3.63, 3.8) is 0 Å². The minimum Gasteiger partial charge on any atom is -0.377 e. The van der Waals surface area contributed by atoms with Gasteiger partial charge < -0.3 is 10.1 Å². The molecule has 0 heterocycles. The summed E-state index contributed by atoms with van der Waals surface area (Å²) in [6.45, 7) is 6.25. The zero-order chi connectivity index (χ0) is 12.7. The molecule has 1 rings (SSSR count). The Bertz CT molecular complexity index is 344. The second-order valence-corrected chi connectivity index (χ2v) is 4.67. The number of benzene rings is 1. The van der Waals surface area contributed by atoms with Crippen LogP contribution in [-0.2, 0) is 11.3 Å². The van der Waals surface area contributed by atoms with Gasteiger partial charge in [-0.15, -0.1) is 0 Å². The maximum absolute atomic E-state index is 13.1. The zero-order valence-corrected chi connectivity index (χ0v) is 11.1. The van der Waals surface area contributed by atoms with Gasteiger partial charge in [-0.1, -0.05) is 31.5 Å². The quantitative estimate of drug-likeness (QED) is 0.758. The van der Waals surface area contributed by atoms with Gasteiger partial charge in [0.05, 0.1) is 11.6 Å². The van der Waals surface area contributed by atoms with Crippen LogP contribution >= 0.6 is 11.6 Å². The average Bonchev–Trinajstić information content (AvgIpc) is 2.27. The number of halogens is 2. The first-order valence-corrected chi connectivity index (χ1v) is 6.22. The molecule has 0 bridgehead atoms. The molecule has 0 saturated heterocycles. The van der Waals surface area contributed by atoms with Crippen molar-refractivity contribution in [2.45, 2.75) is 32.9 Å². The standard InChI is InChI=1S/C13H19ClFNO/c1-10(2)16-6-3-7-17-9-11-4-5-12(14)13(15)8-11/h4-5,8,10,16H,3,6-7,9H2,1-2H3. The highest BCUT2D eigenvalue weighted by atomic mass is 35.5. The molecule has 0 aliphatic heterocycles. The molecule has 0 spiro atoms. The summed E-state index contributed by atoms with van der Waals surface area (Å²) < 4.78 is 18.5. The summed E-state index contributed by atoms with van der Waals surface area (Å²) in [4.78, 5) is 0. The summed E-state index contributed by atoms with van der Waals surface area (Å²) in [5.74, 6) is -0.394. The van der Waals surface area contributed by atoms with E-state index in [2.05, 4.69) is 19.2 Å². The Labute approximate surface area is 107 Å². The number of hydrogen-bond donors (Lipinski definition) is 1. The zero-order valence-electron chi connectivity index (χ0n) is 10.3. The van der Waals surface area contributed by atoms with Gasteiger partial charge in [0.15, 0.2) is 0 Å². The lowest BCUT2D eigenvalue weighted by Crippen LogP contribution is -2.24. The maximum Gasteiger partial charge on any atom is 0.142 e. The lowest BCUT2D eigenvalue weighted by molar-refractivity contribution is 0.118. The topological polar surface area (TPSA) is 21.3 Å². The third-order valence-electron chi connectivity index (χ3n) is 2.27. The summed E-state index contributed by atoms with van der Waals surface area (Å²) in [5.41, 5.74) is 0.809. The van der Waals surface area contributed by atoms with Crippen LogP contribution in [0.5, 0.6) is 0 Å². The first kappa shape index (κ1) is 14.4. The van der Waals surface area contributed by atoms with Crippen LogP contribution in [0.2, 0.25) is 5.02 Å².